The minimum atomic E-state index is -0.00603. The molecule has 92 valence electrons. The van der Waals surface area contributed by atoms with Gasteiger partial charge in [-0.1, -0.05) is 24.3 Å². The van der Waals surface area contributed by atoms with Crippen LogP contribution < -0.4 is 0 Å². The molecule has 2 rings (SSSR count). The summed E-state index contributed by atoms with van der Waals surface area (Å²) in [5, 5.41) is 8.88. The van der Waals surface area contributed by atoms with Gasteiger partial charge in [0.05, 0.1) is 6.61 Å². The molecule has 0 amide bonds. The quantitative estimate of drug-likeness (QED) is 0.865. The maximum atomic E-state index is 13.9. The minimum Gasteiger partial charge on any atom is -0.395 e. The van der Waals surface area contributed by atoms with Gasteiger partial charge < -0.3 is 5.11 Å². The van der Waals surface area contributed by atoms with E-state index in [1.54, 1.807) is 0 Å². The van der Waals surface area contributed by atoms with Gasteiger partial charge in [-0.2, -0.15) is 0 Å². The molecular formula is C14H18FNO. The summed E-state index contributed by atoms with van der Waals surface area (Å²) >= 11 is 0. The van der Waals surface area contributed by atoms with Crippen LogP contribution in [0.4, 0.5) is 4.39 Å². The molecule has 0 radical (unpaired) electrons. The molecule has 3 heteroatoms. The average molecular weight is 235 g/mol. The largest absolute Gasteiger partial charge is 0.395 e. The lowest BCUT2D eigenvalue weighted by Gasteiger charge is -2.23. The lowest BCUT2D eigenvalue weighted by Crippen LogP contribution is -2.25. The van der Waals surface area contributed by atoms with E-state index in [4.69, 9.17) is 5.11 Å². The number of aliphatic hydroxyl groups is 1. The smallest absolute Gasteiger partial charge is 0.105 e. The number of rotatable bonds is 4. The van der Waals surface area contributed by atoms with Crippen molar-refractivity contribution < 1.29 is 9.50 Å². The van der Waals surface area contributed by atoms with Crippen LogP contribution in [0.15, 0.2) is 30.1 Å². The highest BCUT2D eigenvalue weighted by Gasteiger charge is 2.19. The second-order valence-electron chi connectivity index (χ2n) is 4.50. The van der Waals surface area contributed by atoms with E-state index in [1.807, 2.05) is 30.1 Å². The third-order valence-corrected chi connectivity index (χ3v) is 3.19. The molecule has 2 nitrogen and oxygen atoms in total. The van der Waals surface area contributed by atoms with Crippen molar-refractivity contribution in [2.24, 2.45) is 0 Å². The second-order valence-corrected chi connectivity index (χ2v) is 4.50. The van der Waals surface area contributed by atoms with Gasteiger partial charge in [-0.25, -0.2) is 4.39 Å². The number of hydrogen-bond acceptors (Lipinski definition) is 2. The summed E-state index contributed by atoms with van der Waals surface area (Å²) in [5.41, 5.74) is 3.03. The highest BCUT2D eigenvalue weighted by molar-refractivity contribution is 5.73. The fourth-order valence-corrected chi connectivity index (χ4v) is 2.26. The topological polar surface area (TPSA) is 23.5 Å². The number of halogens is 1. The molecule has 1 N–H and O–H groups in total. The maximum Gasteiger partial charge on any atom is 0.105 e. The van der Waals surface area contributed by atoms with Gasteiger partial charge in [0.15, 0.2) is 0 Å². The van der Waals surface area contributed by atoms with Crippen LogP contribution in [0, 0.1) is 0 Å². The van der Waals surface area contributed by atoms with E-state index in [0.29, 0.717) is 19.5 Å². The Morgan fingerprint density at radius 1 is 1.29 bits per heavy atom. The van der Waals surface area contributed by atoms with Crippen LogP contribution in [0.2, 0.25) is 0 Å². The Balaban J connectivity index is 2.25. The van der Waals surface area contributed by atoms with E-state index in [-0.39, 0.29) is 12.4 Å². The van der Waals surface area contributed by atoms with Gasteiger partial charge in [0.25, 0.3) is 0 Å². The molecule has 0 spiro atoms. The van der Waals surface area contributed by atoms with E-state index in [1.165, 1.54) is 5.56 Å². The van der Waals surface area contributed by atoms with Crippen molar-refractivity contribution in [3.8, 4) is 0 Å². The zero-order chi connectivity index (χ0) is 12.3. The van der Waals surface area contributed by atoms with Crippen LogP contribution in [0.25, 0.3) is 5.57 Å². The average Bonchev–Trinajstić information content (AvgIpc) is 2.33. The number of allylic oxidation sites excluding steroid dienone is 1. The molecule has 1 aliphatic carbocycles. The standard InChI is InChI=1S/C14H18FNO/c1-16(8-9-17)10-13-12-5-3-2-4-11(12)6-7-14(13)15/h2-5,17H,6-10H2,1H3. The van der Waals surface area contributed by atoms with Crippen molar-refractivity contribution in [2.45, 2.75) is 12.8 Å². The molecule has 0 fully saturated rings. The Labute approximate surface area is 101 Å². The number of benzene rings is 1. The van der Waals surface area contributed by atoms with Crippen LogP contribution in [0.5, 0.6) is 0 Å². The summed E-state index contributed by atoms with van der Waals surface area (Å²) in [6.45, 7) is 1.23. The third kappa shape index (κ3) is 2.73. The molecule has 0 bridgehead atoms. The Morgan fingerprint density at radius 2 is 2.06 bits per heavy atom. The van der Waals surface area contributed by atoms with Crippen LogP contribution >= 0.6 is 0 Å². The summed E-state index contributed by atoms with van der Waals surface area (Å²) in [4.78, 5) is 1.94. The molecular weight excluding hydrogens is 217 g/mol. The molecule has 0 saturated heterocycles. The third-order valence-electron chi connectivity index (χ3n) is 3.19. The zero-order valence-electron chi connectivity index (χ0n) is 10.1. The van der Waals surface area contributed by atoms with E-state index < -0.39 is 0 Å². The zero-order valence-corrected chi connectivity index (χ0v) is 10.1. The number of aliphatic hydroxyl groups excluding tert-OH is 1. The number of nitrogens with zero attached hydrogens (tertiary/aromatic N) is 1. The van der Waals surface area contributed by atoms with Gasteiger partial charge in [-0.15, -0.1) is 0 Å². The normalized spacial score (nSPS) is 15.3. The first-order chi connectivity index (χ1) is 8.22. The summed E-state index contributed by atoms with van der Waals surface area (Å²) in [7, 11) is 1.90. The second kappa shape index (κ2) is 5.43. The molecule has 1 aromatic carbocycles. The maximum absolute atomic E-state index is 13.9. The van der Waals surface area contributed by atoms with Gasteiger partial charge in [0.2, 0.25) is 0 Å². The minimum absolute atomic E-state index is 0.00603. The van der Waals surface area contributed by atoms with Crippen molar-refractivity contribution in [3.63, 3.8) is 0 Å². The molecule has 17 heavy (non-hydrogen) atoms. The Bertz CT molecular complexity index is 428. The fourth-order valence-electron chi connectivity index (χ4n) is 2.26. The van der Waals surface area contributed by atoms with Crippen molar-refractivity contribution in [2.75, 3.05) is 26.7 Å². The molecule has 0 atom stereocenters. The van der Waals surface area contributed by atoms with Crippen molar-refractivity contribution in [1.29, 1.82) is 0 Å². The molecule has 0 aromatic heterocycles. The Kier molecular flexibility index (Phi) is 3.92. The highest BCUT2D eigenvalue weighted by atomic mass is 19.1. The Morgan fingerprint density at radius 3 is 2.82 bits per heavy atom. The van der Waals surface area contributed by atoms with Gasteiger partial charge >= 0.3 is 0 Å². The first kappa shape index (κ1) is 12.3. The summed E-state index contributed by atoms with van der Waals surface area (Å²) in [6, 6.07) is 7.99. The molecule has 0 unspecified atom stereocenters. The predicted octanol–water partition coefficient (Wildman–Crippen LogP) is 2.24. The molecule has 1 aromatic rings. The fraction of sp³-hybridized carbons (Fsp3) is 0.429. The van der Waals surface area contributed by atoms with Gasteiger partial charge in [0.1, 0.15) is 5.83 Å². The molecule has 1 aliphatic rings. The van der Waals surface area contributed by atoms with Crippen molar-refractivity contribution >= 4 is 5.57 Å². The van der Waals surface area contributed by atoms with Crippen LogP contribution in [-0.4, -0.2) is 36.8 Å². The lowest BCUT2D eigenvalue weighted by molar-refractivity contribution is 0.233. The summed E-state index contributed by atoms with van der Waals surface area (Å²) in [6.07, 6.45) is 1.29. The lowest BCUT2D eigenvalue weighted by atomic mass is 9.90. The number of hydrogen-bond donors (Lipinski definition) is 1. The SMILES string of the molecule is CN(CCO)CC1=C(F)CCc2ccccc21. The van der Waals surface area contributed by atoms with Gasteiger partial charge in [0, 0.05) is 25.1 Å². The molecule has 0 heterocycles. The van der Waals surface area contributed by atoms with E-state index >= 15 is 0 Å². The number of aryl methyl sites for hydroxylation is 1. The Hall–Kier alpha value is -1.19. The summed E-state index contributed by atoms with van der Waals surface area (Å²) < 4.78 is 13.9. The molecule has 0 saturated carbocycles. The predicted molar refractivity (Wildman–Crippen MR) is 67.4 cm³/mol. The van der Waals surface area contributed by atoms with Crippen molar-refractivity contribution in [3.05, 3.63) is 41.2 Å². The van der Waals surface area contributed by atoms with Crippen LogP contribution in [-0.2, 0) is 6.42 Å². The molecule has 0 aliphatic heterocycles. The number of fused-ring (bicyclic) bond motifs is 1. The van der Waals surface area contributed by atoms with Crippen LogP contribution in [0.3, 0.4) is 0 Å². The monoisotopic (exact) mass is 235 g/mol. The number of likely N-dealkylation sites (N-methyl/N-ethyl adjacent to an activating group) is 1. The van der Waals surface area contributed by atoms with Crippen molar-refractivity contribution in [1.82, 2.24) is 4.90 Å². The van der Waals surface area contributed by atoms with Gasteiger partial charge in [-0.05, 0) is 24.6 Å². The van der Waals surface area contributed by atoms with Crippen LogP contribution in [0.1, 0.15) is 17.5 Å². The van der Waals surface area contributed by atoms with Gasteiger partial charge in [-0.3, -0.25) is 4.90 Å². The van der Waals surface area contributed by atoms with E-state index in [2.05, 4.69) is 6.07 Å². The summed E-state index contributed by atoms with van der Waals surface area (Å²) in [5.74, 6) is -0.00603. The van der Waals surface area contributed by atoms with E-state index in [0.717, 1.165) is 17.6 Å². The van der Waals surface area contributed by atoms with E-state index in [9.17, 15) is 4.39 Å². The first-order valence-electron chi connectivity index (χ1n) is 5.97. The first-order valence-corrected chi connectivity index (χ1v) is 5.97. The highest BCUT2D eigenvalue weighted by Crippen LogP contribution is 2.32.